The van der Waals surface area contributed by atoms with Gasteiger partial charge in [-0.2, -0.15) is 8.78 Å². The van der Waals surface area contributed by atoms with E-state index in [2.05, 4.69) is 4.99 Å². The van der Waals surface area contributed by atoms with Crippen LogP contribution in [-0.4, -0.2) is 11.9 Å². The maximum Gasteiger partial charge on any atom is 0.285 e. The van der Waals surface area contributed by atoms with Crippen molar-refractivity contribution in [2.24, 2.45) is 4.99 Å². The van der Waals surface area contributed by atoms with Crippen molar-refractivity contribution in [2.45, 2.75) is 32.9 Å². The van der Waals surface area contributed by atoms with Crippen LogP contribution in [0.3, 0.4) is 0 Å². The minimum Gasteiger partial charge on any atom is -0.261 e. The Morgan fingerprint density at radius 3 is 2.43 bits per heavy atom. The lowest BCUT2D eigenvalue weighted by Crippen LogP contribution is -2.10. The smallest absolute Gasteiger partial charge is 0.261 e. The second-order valence-corrected chi connectivity index (χ2v) is 3.60. The molecule has 0 saturated heterocycles. The van der Waals surface area contributed by atoms with Crippen LogP contribution in [0.15, 0.2) is 28.4 Å². The van der Waals surface area contributed by atoms with Crippen molar-refractivity contribution in [3.05, 3.63) is 23.4 Å². The molecule has 0 amide bonds. The van der Waals surface area contributed by atoms with Gasteiger partial charge in [-0.3, -0.25) is 4.99 Å². The van der Waals surface area contributed by atoms with Crippen molar-refractivity contribution >= 4 is 15.5 Å². The van der Waals surface area contributed by atoms with E-state index in [0.717, 1.165) is 12.1 Å². The average molecular weight is 219 g/mol. The molecule has 0 N–H and O–H groups in total. The van der Waals surface area contributed by atoms with E-state index in [9.17, 15) is 8.78 Å². The van der Waals surface area contributed by atoms with Gasteiger partial charge in [0.1, 0.15) is 0 Å². The Labute approximate surface area is 86.2 Å². The summed E-state index contributed by atoms with van der Waals surface area (Å²) in [5, 5.41) is 0. The third-order valence-corrected chi connectivity index (χ3v) is 1.94. The summed E-state index contributed by atoms with van der Waals surface area (Å²) in [7, 11) is 1.50. The Kier molecular flexibility index (Phi) is 5.78. The predicted octanol–water partition coefficient (Wildman–Crippen LogP) is 3.79. The molecule has 14 heavy (non-hydrogen) atoms. The highest BCUT2D eigenvalue weighted by atomic mass is 31.0. The van der Waals surface area contributed by atoms with Crippen molar-refractivity contribution in [3.63, 3.8) is 0 Å². The first kappa shape index (κ1) is 13.4. The van der Waals surface area contributed by atoms with Crippen molar-refractivity contribution in [3.8, 4) is 0 Å². The van der Waals surface area contributed by atoms with Gasteiger partial charge in [0.15, 0.2) is 0 Å². The zero-order valence-corrected chi connectivity index (χ0v) is 9.87. The summed E-state index contributed by atoms with van der Waals surface area (Å²) >= 11 is 0. The van der Waals surface area contributed by atoms with Gasteiger partial charge in [-0.25, -0.2) is 0 Å². The largest absolute Gasteiger partial charge is 0.285 e. The Balaban J connectivity index is 4.58. The monoisotopic (exact) mass is 219 g/mol. The fourth-order valence-electron chi connectivity index (χ4n) is 0.873. The van der Waals surface area contributed by atoms with Crippen LogP contribution in [0, 0.1) is 0 Å². The molecule has 0 heterocycles. The Morgan fingerprint density at radius 1 is 1.50 bits per heavy atom. The number of halogens is 2. The summed E-state index contributed by atoms with van der Waals surface area (Å²) < 4.78 is 25.6. The Hall–Kier alpha value is -0.560. The van der Waals surface area contributed by atoms with Crippen molar-refractivity contribution in [1.29, 1.82) is 0 Å². The molecule has 4 heteroatoms. The lowest BCUT2D eigenvalue weighted by atomic mass is 10.3. The number of hydrogen-bond acceptors (Lipinski definition) is 1. The minimum absolute atomic E-state index is 0.0913. The average Bonchev–Trinajstić information content (AvgIpc) is 2.03. The first-order chi connectivity index (χ1) is 6.41. The molecule has 0 aliphatic rings. The van der Waals surface area contributed by atoms with E-state index in [1.165, 1.54) is 21.5 Å². The zero-order chi connectivity index (χ0) is 11.2. The molecule has 1 unspecified atom stereocenters. The summed E-state index contributed by atoms with van der Waals surface area (Å²) in [5.74, 6) is 0. The first-order valence-corrected chi connectivity index (χ1v) is 5.03. The van der Waals surface area contributed by atoms with Crippen molar-refractivity contribution in [1.82, 2.24) is 0 Å². The highest BCUT2D eigenvalue weighted by molar-refractivity contribution is 7.18. The van der Waals surface area contributed by atoms with Crippen molar-refractivity contribution in [2.75, 3.05) is 0 Å². The Bertz CT molecular complexity index is 262. The minimum atomic E-state index is -2.90. The lowest BCUT2D eigenvalue weighted by molar-refractivity contribution is 0.154. The molecule has 0 aromatic heterocycles. The molecule has 0 spiro atoms. The molecule has 0 radical (unpaired) electrons. The molecular formula is C10H16F2NP. The second kappa shape index (κ2) is 6.02. The van der Waals surface area contributed by atoms with Crippen molar-refractivity contribution < 1.29 is 8.78 Å². The lowest BCUT2D eigenvalue weighted by Gasteiger charge is -2.09. The van der Waals surface area contributed by atoms with E-state index in [1.807, 2.05) is 13.0 Å². The Morgan fingerprint density at radius 2 is 2.07 bits per heavy atom. The fourth-order valence-corrected chi connectivity index (χ4v) is 1.11. The summed E-state index contributed by atoms with van der Waals surface area (Å²) in [4.78, 5) is 3.93. The maximum absolute atomic E-state index is 12.8. The van der Waals surface area contributed by atoms with Gasteiger partial charge in [0.05, 0.1) is 0 Å². The van der Waals surface area contributed by atoms with Crippen LogP contribution in [0.1, 0.15) is 27.2 Å². The highest BCUT2D eigenvalue weighted by Crippen LogP contribution is 2.29. The third kappa shape index (κ3) is 5.23. The van der Waals surface area contributed by atoms with Crippen LogP contribution >= 0.6 is 9.24 Å². The predicted molar refractivity (Wildman–Crippen MR) is 61.0 cm³/mol. The SMILES string of the molecule is C\C=C(/C=N\C(C)=C/CC)C(F)(F)P. The van der Waals surface area contributed by atoms with Crippen LogP contribution in [0.4, 0.5) is 8.78 Å². The summed E-state index contributed by atoms with van der Waals surface area (Å²) in [5.41, 5.74) is -2.24. The number of nitrogens with zero attached hydrogens (tertiary/aromatic N) is 1. The standard InChI is InChI=1S/C10H16F2NP/c1-4-6-8(3)13-7-9(5-2)10(11,12)14/h5-7H,4,14H2,1-3H3/b8-6-,9-5+,13-7-. The summed E-state index contributed by atoms with van der Waals surface area (Å²) in [6, 6.07) is 0. The fraction of sp³-hybridized carbons (Fsp3) is 0.500. The van der Waals surface area contributed by atoms with Crippen LogP contribution in [0.25, 0.3) is 0 Å². The first-order valence-electron chi connectivity index (χ1n) is 4.46. The molecule has 0 saturated carbocycles. The second-order valence-electron chi connectivity index (χ2n) is 2.88. The van der Waals surface area contributed by atoms with E-state index >= 15 is 0 Å². The molecule has 0 aromatic carbocycles. The molecule has 0 aliphatic heterocycles. The number of allylic oxidation sites excluding steroid dienone is 4. The molecule has 0 aliphatic carbocycles. The number of aliphatic imine (C=N–C) groups is 1. The van der Waals surface area contributed by atoms with Gasteiger partial charge in [0.2, 0.25) is 0 Å². The van der Waals surface area contributed by atoms with Gasteiger partial charge in [0, 0.05) is 17.5 Å². The molecule has 0 rings (SSSR count). The molecule has 1 atom stereocenters. The van der Waals surface area contributed by atoms with Gasteiger partial charge < -0.3 is 0 Å². The zero-order valence-electron chi connectivity index (χ0n) is 8.72. The number of rotatable bonds is 4. The van der Waals surface area contributed by atoms with E-state index in [4.69, 9.17) is 0 Å². The molecular weight excluding hydrogens is 203 g/mol. The third-order valence-electron chi connectivity index (χ3n) is 1.60. The van der Waals surface area contributed by atoms with Crippen LogP contribution in [-0.2, 0) is 0 Å². The quantitative estimate of drug-likeness (QED) is 0.504. The topological polar surface area (TPSA) is 12.4 Å². The number of hydrogen-bond donors (Lipinski definition) is 0. The van der Waals surface area contributed by atoms with Gasteiger partial charge in [-0.15, -0.1) is 0 Å². The maximum atomic E-state index is 12.8. The summed E-state index contributed by atoms with van der Waals surface area (Å²) in [6.07, 6.45) is 5.29. The van der Waals surface area contributed by atoms with E-state index in [0.29, 0.717) is 0 Å². The summed E-state index contributed by atoms with van der Waals surface area (Å²) in [6.45, 7) is 5.33. The van der Waals surface area contributed by atoms with Crippen LogP contribution in [0.5, 0.6) is 0 Å². The van der Waals surface area contributed by atoms with Crippen LogP contribution in [0.2, 0.25) is 0 Å². The van der Waals surface area contributed by atoms with Gasteiger partial charge >= 0.3 is 0 Å². The van der Waals surface area contributed by atoms with E-state index in [1.54, 1.807) is 13.8 Å². The number of alkyl halides is 2. The molecule has 1 nitrogen and oxygen atoms in total. The molecule has 0 fully saturated rings. The van der Waals surface area contributed by atoms with Crippen LogP contribution < -0.4 is 0 Å². The van der Waals surface area contributed by atoms with Gasteiger partial charge in [0.25, 0.3) is 5.66 Å². The highest BCUT2D eigenvalue weighted by Gasteiger charge is 2.25. The molecule has 0 bridgehead atoms. The van der Waals surface area contributed by atoms with E-state index in [-0.39, 0.29) is 5.57 Å². The van der Waals surface area contributed by atoms with E-state index < -0.39 is 5.66 Å². The molecule has 80 valence electrons. The van der Waals surface area contributed by atoms with Gasteiger partial charge in [-0.1, -0.05) is 28.3 Å². The normalized spacial score (nSPS) is 15.3. The molecule has 0 aromatic rings. The van der Waals surface area contributed by atoms with Gasteiger partial charge in [-0.05, 0) is 20.3 Å².